The fourth-order valence-electron chi connectivity index (χ4n) is 1.36. The minimum absolute atomic E-state index is 0.0831. The number of hydrogen-bond acceptors (Lipinski definition) is 3. The lowest BCUT2D eigenvalue weighted by Gasteiger charge is -2.30. The standard InChI is InChI=1S/C6H16O7P2/c1-2-6(3-7,4-14(8,9)10)5-15(11,12)13/h7H,2-5H2,1H3,(H2,8,9,10)(H2,11,12,13). The van der Waals surface area contributed by atoms with Crippen molar-refractivity contribution in [1.82, 2.24) is 0 Å². The molecule has 0 aliphatic carbocycles. The van der Waals surface area contributed by atoms with Gasteiger partial charge in [-0.15, -0.1) is 0 Å². The Morgan fingerprint density at radius 2 is 1.33 bits per heavy atom. The van der Waals surface area contributed by atoms with Crippen LogP contribution in [0.25, 0.3) is 0 Å². The van der Waals surface area contributed by atoms with Crippen molar-refractivity contribution >= 4 is 15.2 Å². The molecule has 0 bridgehead atoms. The van der Waals surface area contributed by atoms with E-state index in [9.17, 15) is 9.13 Å². The van der Waals surface area contributed by atoms with E-state index in [1.165, 1.54) is 6.92 Å². The van der Waals surface area contributed by atoms with Crippen molar-refractivity contribution in [3.8, 4) is 0 Å². The Labute approximate surface area is 87.5 Å². The molecule has 0 unspecified atom stereocenters. The number of rotatable bonds is 6. The van der Waals surface area contributed by atoms with Gasteiger partial charge in [-0.2, -0.15) is 0 Å². The average molecular weight is 262 g/mol. The molecule has 0 fully saturated rings. The fraction of sp³-hybridized carbons (Fsp3) is 1.00. The zero-order valence-corrected chi connectivity index (χ0v) is 10.1. The number of aliphatic hydroxyl groups is 1. The Hall–Kier alpha value is 0.260. The van der Waals surface area contributed by atoms with Gasteiger partial charge >= 0.3 is 15.2 Å². The van der Waals surface area contributed by atoms with Gasteiger partial charge in [0.2, 0.25) is 0 Å². The molecule has 7 nitrogen and oxygen atoms in total. The van der Waals surface area contributed by atoms with Crippen molar-refractivity contribution in [1.29, 1.82) is 0 Å². The third-order valence-electron chi connectivity index (χ3n) is 2.17. The summed E-state index contributed by atoms with van der Waals surface area (Å²) in [7, 11) is -8.82. The zero-order chi connectivity index (χ0) is 12.3. The van der Waals surface area contributed by atoms with Gasteiger partial charge in [0.25, 0.3) is 0 Å². The summed E-state index contributed by atoms with van der Waals surface area (Å²) in [4.78, 5) is 35.0. The first-order valence-electron chi connectivity index (χ1n) is 4.24. The third kappa shape index (κ3) is 6.43. The molecule has 0 aromatic heterocycles. The van der Waals surface area contributed by atoms with Crippen LogP contribution in [0.1, 0.15) is 13.3 Å². The molecule has 15 heavy (non-hydrogen) atoms. The van der Waals surface area contributed by atoms with Crippen molar-refractivity contribution < 1.29 is 33.8 Å². The van der Waals surface area contributed by atoms with E-state index in [1.807, 2.05) is 0 Å². The molecular formula is C6H16O7P2. The molecule has 0 radical (unpaired) electrons. The molecule has 0 amide bonds. The van der Waals surface area contributed by atoms with Gasteiger partial charge in [0, 0.05) is 12.0 Å². The summed E-state index contributed by atoms with van der Waals surface area (Å²) < 4.78 is 21.6. The van der Waals surface area contributed by atoms with Crippen molar-refractivity contribution in [2.45, 2.75) is 13.3 Å². The van der Waals surface area contributed by atoms with Crippen LogP contribution in [0.3, 0.4) is 0 Å². The van der Waals surface area contributed by atoms with Gasteiger partial charge in [0.05, 0.1) is 12.3 Å². The van der Waals surface area contributed by atoms with E-state index in [-0.39, 0.29) is 6.42 Å². The molecule has 0 aromatic rings. The quantitative estimate of drug-likeness (QED) is 0.416. The summed E-state index contributed by atoms with van der Waals surface area (Å²) in [6.07, 6.45) is -1.37. The van der Waals surface area contributed by atoms with Crippen LogP contribution in [0.15, 0.2) is 0 Å². The highest BCUT2D eigenvalue weighted by Crippen LogP contribution is 2.50. The SMILES string of the molecule is CCC(CO)(CP(=O)(O)O)CP(=O)(O)O. The first-order chi connectivity index (χ1) is 6.54. The van der Waals surface area contributed by atoms with Gasteiger partial charge in [-0.1, -0.05) is 6.92 Å². The van der Waals surface area contributed by atoms with Gasteiger partial charge in [-0.3, -0.25) is 9.13 Å². The first-order valence-corrected chi connectivity index (χ1v) is 7.83. The summed E-state index contributed by atoms with van der Waals surface area (Å²) >= 11 is 0. The highest BCUT2D eigenvalue weighted by atomic mass is 31.2. The zero-order valence-electron chi connectivity index (χ0n) is 8.28. The van der Waals surface area contributed by atoms with Crippen LogP contribution in [-0.2, 0) is 9.13 Å². The van der Waals surface area contributed by atoms with Gasteiger partial charge in [-0.25, -0.2) is 0 Å². The monoisotopic (exact) mass is 262 g/mol. The van der Waals surface area contributed by atoms with Crippen molar-refractivity contribution in [3.05, 3.63) is 0 Å². The largest absolute Gasteiger partial charge is 0.396 e. The second kappa shape index (κ2) is 5.06. The van der Waals surface area contributed by atoms with Crippen LogP contribution in [0, 0.1) is 5.41 Å². The van der Waals surface area contributed by atoms with E-state index in [1.54, 1.807) is 0 Å². The van der Waals surface area contributed by atoms with E-state index in [4.69, 9.17) is 24.7 Å². The Bertz CT molecular complexity index is 260. The highest BCUT2D eigenvalue weighted by molar-refractivity contribution is 7.53. The molecule has 0 saturated carbocycles. The van der Waals surface area contributed by atoms with E-state index >= 15 is 0 Å². The maximum Gasteiger partial charge on any atom is 0.326 e. The first kappa shape index (κ1) is 15.3. The Morgan fingerprint density at radius 1 is 1.00 bits per heavy atom. The molecule has 0 rings (SSSR count). The van der Waals surface area contributed by atoms with E-state index in [0.717, 1.165) is 0 Å². The lowest BCUT2D eigenvalue weighted by molar-refractivity contribution is 0.147. The van der Waals surface area contributed by atoms with Crippen molar-refractivity contribution in [2.24, 2.45) is 5.41 Å². The molecular weight excluding hydrogens is 246 g/mol. The molecule has 0 aromatic carbocycles. The molecule has 0 aliphatic rings. The summed E-state index contributed by atoms with van der Waals surface area (Å²) in [5.74, 6) is 0. The lowest BCUT2D eigenvalue weighted by Crippen LogP contribution is -2.33. The Balaban J connectivity index is 4.90. The third-order valence-corrected chi connectivity index (χ3v) is 4.33. The molecule has 9 heteroatoms. The van der Waals surface area contributed by atoms with Crippen molar-refractivity contribution in [2.75, 3.05) is 18.9 Å². The predicted molar refractivity (Wildman–Crippen MR) is 53.6 cm³/mol. The average Bonchev–Trinajstić information content (AvgIpc) is 1.98. The van der Waals surface area contributed by atoms with Crippen LogP contribution in [0.5, 0.6) is 0 Å². The maximum atomic E-state index is 10.8. The summed E-state index contributed by atoms with van der Waals surface area (Å²) in [5.41, 5.74) is -1.42. The molecule has 0 atom stereocenters. The minimum atomic E-state index is -4.41. The van der Waals surface area contributed by atoms with Crippen LogP contribution in [0.4, 0.5) is 0 Å². The molecule has 5 N–H and O–H groups in total. The van der Waals surface area contributed by atoms with E-state index < -0.39 is 39.5 Å². The van der Waals surface area contributed by atoms with E-state index in [2.05, 4.69) is 0 Å². The van der Waals surface area contributed by atoms with Crippen LogP contribution >= 0.6 is 15.2 Å². The smallest absolute Gasteiger partial charge is 0.326 e. The molecule has 0 spiro atoms. The number of hydrogen-bond donors (Lipinski definition) is 5. The maximum absolute atomic E-state index is 10.8. The Kier molecular flexibility index (Phi) is 5.15. The van der Waals surface area contributed by atoms with Crippen molar-refractivity contribution in [3.63, 3.8) is 0 Å². The summed E-state index contributed by atoms with van der Waals surface area (Å²) in [5, 5.41) is 9.02. The molecule has 0 aliphatic heterocycles. The normalized spacial score (nSPS) is 14.3. The molecule has 0 saturated heterocycles. The van der Waals surface area contributed by atoms with E-state index in [0.29, 0.717) is 0 Å². The predicted octanol–water partition coefficient (Wildman–Crippen LogP) is -0.270. The summed E-state index contributed by atoms with van der Waals surface area (Å²) in [6.45, 7) is 0.848. The van der Waals surface area contributed by atoms with Crippen LogP contribution in [-0.4, -0.2) is 43.6 Å². The fourth-order valence-corrected chi connectivity index (χ4v) is 4.15. The lowest BCUT2D eigenvalue weighted by atomic mass is 9.91. The molecule has 92 valence electrons. The van der Waals surface area contributed by atoms with Gasteiger partial charge < -0.3 is 24.7 Å². The van der Waals surface area contributed by atoms with Crippen LogP contribution in [0.2, 0.25) is 0 Å². The van der Waals surface area contributed by atoms with Gasteiger partial charge in [0.1, 0.15) is 0 Å². The number of aliphatic hydroxyl groups excluding tert-OH is 1. The van der Waals surface area contributed by atoms with Crippen LogP contribution < -0.4 is 0 Å². The Morgan fingerprint density at radius 3 is 1.47 bits per heavy atom. The minimum Gasteiger partial charge on any atom is -0.396 e. The second-order valence-electron chi connectivity index (χ2n) is 3.66. The summed E-state index contributed by atoms with van der Waals surface area (Å²) in [6, 6.07) is 0. The topological polar surface area (TPSA) is 135 Å². The highest BCUT2D eigenvalue weighted by Gasteiger charge is 2.40. The second-order valence-corrected chi connectivity index (χ2v) is 6.95. The van der Waals surface area contributed by atoms with Gasteiger partial charge in [0.15, 0.2) is 0 Å². The molecule has 0 heterocycles. The van der Waals surface area contributed by atoms with Gasteiger partial charge in [-0.05, 0) is 6.42 Å².